The third-order valence-corrected chi connectivity index (χ3v) is 10.8. The van der Waals surface area contributed by atoms with Crippen molar-refractivity contribution in [2.45, 2.75) is 49.5 Å². The summed E-state index contributed by atoms with van der Waals surface area (Å²) < 4.78 is 29.9. The number of fused-ring (bicyclic) bond motifs is 1. The number of nitrogens with one attached hydrogen (secondary N) is 1. The van der Waals surface area contributed by atoms with Crippen molar-refractivity contribution in [1.29, 1.82) is 0 Å². The van der Waals surface area contributed by atoms with Crippen molar-refractivity contribution < 1.29 is 13.5 Å². The molecule has 0 saturated heterocycles. The van der Waals surface area contributed by atoms with Crippen LogP contribution in [-0.2, 0) is 15.6 Å². The summed E-state index contributed by atoms with van der Waals surface area (Å²) in [5, 5.41) is 12.3. The Hall–Kier alpha value is -2.29. The highest BCUT2D eigenvalue weighted by Gasteiger charge is 2.41. The molecule has 2 aliphatic carbocycles. The van der Waals surface area contributed by atoms with Crippen LogP contribution in [0, 0.1) is 5.92 Å². The van der Waals surface area contributed by atoms with Gasteiger partial charge in [-0.2, -0.15) is 0 Å². The Morgan fingerprint density at radius 2 is 1.86 bits per heavy atom. The molecule has 2 heterocycles. The van der Waals surface area contributed by atoms with Crippen molar-refractivity contribution in [2.24, 2.45) is 5.92 Å². The zero-order chi connectivity index (χ0) is 25.1. The monoisotopic (exact) mass is 538 g/mol. The molecule has 2 aromatic carbocycles. The number of halogens is 1. The first kappa shape index (κ1) is 24.1. The number of sulfonamides is 1. The van der Waals surface area contributed by atoms with E-state index in [0.717, 1.165) is 50.2 Å². The van der Waals surface area contributed by atoms with Gasteiger partial charge in [0.1, 0.15) is 0 Å². The molecule has 2 aromatic heterocycles. The average molecular weight is 539 g/mol. The number of pyridine rings is 1. The number of aliphatic hydroxyl groups is 1. The van der Waals surface area contributed by atoms with Crippen molar-refractivity contribution in [3.63, 3.8) is 0 Å². The summed E-state index contributed by atoms with van der Waals surface area (Å²) >= 11 is 8.09. The normalized spacial score (nSPS) is 18.8. The zero-order valence-electron chi connectivity index (χ0n) is 19.8. The van der Waals surface area contributed by atoms with Crippen LogP contribution in [-0.4, -0.2) is 23.8 Å². The van der Waals surface area contributed by atoms with Crippen molar-refractivity contribution in [1.82, 2.24) is 9.71 Å². The number of thiophene rings is 1. The Morgan fingerprint density at radius 3 is 2.58 bits per heavy atom. The topological polar surface area (TPSA) is 79.3 Å². The number of hydrogen-bond donors (Lipinski definition) is 2. The van der Waals surface area contributed by atoms with Crippen LogP contribution < -0.4 is 4.72 Å². The second-order valence-corrected chi connectivity index (χ2v) is 13.5. The van der Waals surface area contributed by atoms with Crippen molar-refractivity contribution in [3.8, 4) is 11.3 Å². The van der Waals surface area contributed by atoms with E-state index in [1.807, 2.05) is 61.5 Å². The molecule has 36 heavy (non-hydrogen) atoms. The zero-order valence-corrected chi connectivity index (χ0v) is 22.2. The minimum atomic E-state index is -3.47. The van der Waals surface area contributed by atoms with Gasteiger partial charge in [-0.25, -0.2) is 13.1 Å². The van der Waals surface area contributed by atoms with Crippen LogP contribution >= 0.6 is 22.9 Å². The van der Waals surface area contributed by atoms with Crippen LogP contribution in [0.5, 0.6) is 0 Å². The van der Waals surface area contributed by atoms with Gasteiger partial charge >= 0.3 is 0 Å². The molecule has 0 radical (unpaired) electrons. The molecule has 0 spiro atoms. The predicted octanol–water partition coefficient (Wildman–Crippen LogP) is 6.41. The van der Waals surface area contributed by atoms with Crippen LogP contribution in [0.4, 0.5) is 0 Å². The quantitative estimate of drug-likeness (QED) is 0.272. The van der Waals surface area contributed by atoms with Crippen molar-refractivity contribution in [2.75, 3.05) is 0 Å². The molecule has 0 aliphatic heterocycles. The SMILES string of the molecule is CC(O)(c1ccnc(-c2cccc3cc(C(NS(=O)(=O)C4CC4)c4ccccc4Cl)sc23)c1)C1CC1. The third kappa shape index (κ3) is 4.48. The molecule has 2 N–H and O–H groups in total. The minimum Gasteiger partial charge on any atom is -0.385 e. The fraction of sp³-hybridized carbons (Fsp3) is 0.321. The van der Waals surface area contributed by atoms with Gasteiger partial charge in [0.25, 0.3) is 0 Å². The van der Waals surface area contributed by atoms with Crippen LogP contribution in [0.2, 0.25) is 5.02 Å². The van der Waals surface area contributed by atoms with E-state index in [1.165, 1.54) is 0 Å². The van der Waals surface area contributed by atoms with E-state index in [4.69, 9.17) is 11.6 Å². The Kier molecular flexibility index (Phi) is 5.97. The Bertz CT molecular complexity index is 1560. The van der Waals surface area contributed by atoms with E-state index in [2.05, 4.69) is 9.71 Å². The summed E-state index contributed by atoms with van der Waals surface area (Å²) in [5.41, 5.74) is 2.48. The van der Waals surface area contributed by atoms with Gasteiger partial charge in [0.05, 0.1) is 22.6 Å². The molecular formula is C28H27ClN2O3S2. The molecule has 8 heteroatoms. The molecular weight excluding hydrogens is 512 g/mol. The Balaban J connectivity index is 1.45. The van der Waals surface area contributed by atoms with Gasteiger partial charge in [0.2, 0.25) is 10.0 Å². The van der Waals surface area contributed by atoms with Crippen LogP contribution in [0.1, 0.15) is 54.7 Å². The lowest BCUT2D eigenvalue weighted by Gasteiger charge is -2.24. The summed E-state index contributed by atoms with van der Waals surface area (Å²) in [4.78, 5) is 5.50. The Morgan fingerprint density at radius 1 is 1.08 bits per heavy atom. The average Bonchev–Trinajstić information content (AvgIpc) is 3.78. The van der Waals surface area contributed by atoms with Crippen LogP contribution in [0.15, 0.2) is 66.9 Å². The molecule has 6 rings (SSSR count). The number of nitrogens with zero attached hydrogens (tertiary/aromatic N) is 1. The third-order valence-electron chi connectivity index (χ3n) is 7.30. The van der Waals surface area contributed by atoms with Crippen molar-refractivity contribution >= 4 is 43.0 Å². The lowest BCUT2D eigenvalue weighted by atomic mass is 9.90. The second kappa shape index (κ2) is 8.92. The lowest BCUT2D eigenvalue weighted by Crippen LogP contribution is -2.31. The van der Waals surface area contributed by atoms with E-state index < -0.39 is 21.7 Å². The standard InChI is InChI=1S/C28H27ClN2O3S2/c1-28(32,18-9-10-18)19-13-14-30-24(16-19)22-7-4-5-17-15-25(35-27(17)22)26(21-6-2-3-8-23(21)29)31-36(33,34)20-11-12-20/h2-8,13-16,18,20,26,31-32H,9-12H2,1H3. The van der Waals surface area contributed by atoms with Crippen LogP contribution in [0.3, 0.4) is 0 Å². The summed E-state index contributed by atoms with van der Waals surface area (Å²) in [6.07, 6.45) is 5.20. The maximum absolute atomic E-state index is 13.0. The maximum Gasteiger partial charge on any atom is 0.215 e. The highest BCUT2D eigenvalue weighted by atomic mass is 35.5. The van der Waals surface area contributed by atoms with Gasteiger partial charge in [-0.3, -0.25) is 4.98 Å². The first-order valence-corrected chi connectivity index (χ1v) is 15.0. The molecule has 5 nitrogen and oxygen atoms in total. The first-order chi connectivity index (χ1) is 17.2. The Labute approximate surface area is 220 Å². The molecule has 4 aromatic rings. The van der Waals surface area contributed by atoms with Gasteiger partial charge in [0, 0.05) is 26.4 Å². The number of benzene rings is 2. The minimum absolute atomic E-state index is 0.285. The van der Waals surface area contributed by atoms with E-state index in [-0.39, 0.29) is 11.2 Å². The van der Waals surface area contributed by atoms with Crippen LogP contribution in [0.25, 0.3) is 21.3 Å². The molecule has 0 bridgehead atoms. The summed E-state index contributed by atoms with van der Waals surface area (Å²) in [6, 6.07) is 18.8. The van der Waals surface area contributed by atoms with E-state index in [1.54, 1.807) is 23.6 Å². The maximum atomic E-state index is 13.0. The molecule has 2 atom stereocenters. The summed E-state index contributed by atoms with van der Waals surface area (Å²) in [5.74, 6) is 0.285. The fourth-order valence-corrected chi connectivity index (χ4v) is 7.93. The molecule has 2 saturated carbocycles. The molecule has 2 unspecified atom stereocenters. The van der Waals surface area contributed by atoms with Crippen molar-refractivity contribution in [3.05, 3.63) is 87.9 Å². The highest BCUT2D eigenvalue weighted by Crippen LogP contribution is 2.46. The largest absolute Gasteiger partial charge is 0.385 e. The smallest absolute Gasteiger partial charge is 0.215 e. The number of hydrogen-bond acceptors (Lipinski definition) is 5. The first-order valence-electron chi connectivity index (χ1n) is 12.2. The molecule has 0 amide bonds. The summed E-state index contributed by atoms with van der Waals surface area (Å²) in [7, 11) is -3.47. The number of rotatable bonds is 8. The fourth-order valence-electron chi connectivity index (χ4n) is 4.82. The van der Waals surface area contributed by atoms with E-state index >= 15 is 0 Å². The second-order valence-electron chi connectivity index (χ2n) is 10.0. The predicted molar refractivity (Wildman–Crippen MR) is 146 cm³/mol. The van der Waals surface area contributed by atoms with Gasteiger partial charge in [-0.05, 0) is 79.3 Å². The van der Waals surface area contributed by atoms with Gasteiger partial charge in [0.15, 0.2) is 0 Å². The number of aromatic nitrogens is 1. The highest BCUT2D eigenvalue weighted by molar-refractivity contribution is 7.90. The molecule has 186 valence electrons. The van der Waals surface area contributed by atoms with Gasteiger partial charge in [-0.15, -0.1) is 11.3 Å². The lowest BCUT2D eigenvalue weighted by molar-refractivity contribution is 0.0330. The van der Waals surface area contributed by atoms with E-state index in [9.17, 15) is 13.5 Å². The van der Waals surface area contributed by atoms with E-state index in [0.29, 0.717) is 17.9 Å². The molecule has 2 fully saturated rings. The van der Waals surface area contributed by atoms with Gasteiger partial charge < -0.3 is 5.11 Å². The summed E-state index contributed by atoms with van der Waals surface area (Å²) in [6.45, 7) is 1.88. The van der Waals surface area contributed by atoms with Gasteiger partial charge in [-0.1, -0.05) is 48.0 Å². The molecule has 2 aliphatic rings.